The second-order valence-corrected chi connectivity index (χ2v) is 12.6. The number of hydrogen-bond acceptors (Lipinski definition) is 6. The molecule has 0 radical (unpaired) electrons. The molecule has 198 valence electrons. The zero-order chi connectivity index (χ0) is 28.0. The standard InChI is InChI=1S/C31H33B2NO5/c1-28(2)29(3,4)37-32(36-28)24-15-20(16-25(23(24)18-34)33-38-30(5,6)31(7,8)39-33)19-13-14-22-21-11-9-10-12-26(21)35-27(22)17-19/h9-17H,1-8H3. The molecule has 39 heavy (non-hydrogen) atoms. The van der Waals surface area contributed by atoms with Gasteiger partial charge in [0.05, 0.1) is 34.0 Å². The monoisotopic (exact) mass is 521 g/mol. The highest BCUT2D eigenvalue weighted by atomic mass is 16.7. The van der Waals surface area contributed by atoms with Gasteiger partial charge >= 0.3 is 14.2 Å². The van der Waals surface area contributed by atoms with E-state index in [9.17, 15) is 5.26 Å². The normalized spacial score (nSPS) is 21.1. The van der Waals surface area contributed by atoms with E-state index in [0.29, 0.717) is 16.5 Å². The number of para-hydroxylation sites is 1. The maximum absolute atomic E-state index is 10.4. The van der Waals surface area contributed by atoms with Gasteiger partial charge in [-0.1, -0.05) is 36.4 Å². The first kappa shape index (κ1) is 26.2. The van der Waals surface area contributed by atoms with E-state index in [-0.39, 0.29) is 0 Å². The van der Waals surface area contributed by atoms with Crippen LogP contribution in [-0.4, -0.2) is 36.6 Å². The summed E-state index contributed by atoms with van der Waals surface area (Å²) in [6, 6.07) is 20.6. The van der Waals surface area contributed by atoms with Crippen molar-refractivity contribution in [2.45, 2.75) is 77.8 Å². The number of hydrogen-bond donors (Lipinski definition) is 0. The maximum Gasteiger partial charge on any atom is 0.496 e. The minimum absolute atomic E-state index is 0.445. The predicted octanol–water partition coefficient (Wildman–Crippen LogP) is 5.72. The molecule has 0 aliphatic carbocycles. The van der Waals surface area contributed by atoms with Crippen LogP contribution in [0.4, 0.5) is 0 Å². The first-order valence-electron chi connectivity index (χ1n) is 13.4. The third-order valence-electron chi connectivity index (χ3n) is 9.04. The lowest BCUT2D eigenvalue weighted by Gasteiger charge is -2.32. The smallest absolute Gasteiger partial charge is 0.456 e. The van der Waals surface area contributed by atoms with Gasteiger partial charge in [-0.05, 0) is 84.7 Å². The molecule has 8 heteroatoms. The topological polar surface area (TPSA) is 73.9 Å². The molecular weight excluding hydrogens is 488 g/mol. The first-order chi connectivity index (χ1) is 18.2. The second kappa shape index (κ2) is 8.46. The van der Waals surface area contributed by atoms with Crippen LogP contribution in [0.15, 0.2) is 59.0 Å². The summed E-state index contributed by atoms with van der Waals surface area (Å²) < 4.78 is 31.9. The second-order valence-electron chi connectivity index (χ2n) is 12.6. The number of fused-ring (bicyclic) bond motifs is 3. The average molecular weight is 521 g/mol. The van der Waals surface area contributed by atoms with Crippen LogP contribution in [0.3, 0.4) is 0 Å². The van der Waals surface area contributed by atoms with Crippen molar-refractivity contribution in [3.8, 4) is 17.2 Å². The Kier molecular flexibility index (Phi) is 5.67. The minimum Gasteiger partial charge on any atom is -0.456 e. The van der Waals surface area contributed by atoms with E-state index in [1.54, 1.807) is 0 Å². The lowest BCUT2D eigenvalue weighted by molar-refractivity contribution is 0.00578. The molecule has 0 bridgehead atoms. The lowest BCUT2D eigenvalue weighted by atomic mass is 9.66. The van der Waals surface area contributed by atoms with Gasteiger partial charge in [-0.15, -0.1) is 0 Å². The lowest BCUT2D eigenvalue weighted by Crippen LogP contribution is -2.45. The fourth-order valence-corrected chi connectivity index (χ4v) is 5.20. The van der Waals surface area contributed by atoms with E-state index in [1.807, 2.05) is 91.8 Å². The van der Waals surface area contributed by atoms with Crippen LogP contribution >= 0.6 is 0 Å². The van der Waals surface area contributed by atoms with E-state index < -0.39 is 36.6 Å². The number of furan rings is 1. The van der Waals surface area contributed by atoms with Crippen LogP contribution in [0.5, 0.6) is 0 Å². The summed E-state index contributed by atoms with van der Waals surface area (Å²) in [4.78, 5) is 0. The highest BCUT2D eigenvalue weighted by Gasteiger charge is 2.55. The van der Waals surface area contributed by atoms with Gasteiger partial charge in [0.15, 0.2) is 0 Å². The van der Waals surface area contributed by atoms with Crippen molar-refractivity contribution >= 4 is 47.1 Å². The predicted molar refractivity (Wildman–Crippen MR) is 155 cm³/mol. The maximum atomic E-state index is 10.4. The summed E-state index contributed by atoms with van der Waals surface area (Å²) in [6.07, 6.45) is 0. The zero-order valence-electron chi connectivity index (χ0n) is 23.8. The number of nitrogens with zero attached hydrogens (tertiary/aromatic N) is 1. The molecule has 0 saturated carbocycles. The SMILES string of the molecule is CC1(C)OB(c2cc(-c3ccc4c(c3)oc3ccccc34)cc(B3OC(C)(C)C(C)(C)O3)c2C#N)OC1(C)C. The van der Waals surface area contributed by atoms with Gasteiger partial charge in [-0.2, -0.15) is 5.26 Å². The number of rotatable bonds is 3. The molecule has 3 aromatic carbocycles. The van der Waals surface area contributed by atoms with Gasteiger partial charge < -0.3 is 23.0 Å². The van der Waals surface area contributed by atoms with Gasteiger partial charge in [-0.3, -0.25) is 0 Å². The molecule has 0 spiro atoms. The number of benzene rings is 3. The third kappa shape index (κ3) is 4.03. The van der Waals surface area contributed by atoms with E-state index in [2.05, 4.69) is 24.3 Å². The van der Waals surface area contributed by atoms with Crippen molar-refractivity contribution in [2.75, 3.05) is 0 Å². The van der Waals surface area contributed by atoms with Crippen molar-refractivity contribution in [2.24, 2.45) is 0 Å². The Labute approximate surface area is 230 Å². The van der Waals surface area contributed by atoms with Crippen molar-refractivity contribution in [1.82, 2.24) is 0 Å². The van der Waals surface area contributed by atoms with Gasteiger partial charge in [0.25, 0.3) is 0 Å². The molecule has 2 saturated heterocycles. The fourth-order valence-electron chi connectivity index (χ4n) is 5.20. The van der Waals surface area contributed by atoms with E-state index in [4.69, 9.17) is 23.0 Å². The van der Waals surface area contributed by atoms with E-state index >= 15 is 0 Å². The van der Waals surface area contributed by atoms with E-state index in [0.717, 1.165) is 33.1 Å². The van der Waals surface area contributed by atoms with Crippen molar-refractivity contribution in [3.05, 3.63) is 60.2 Å². The van der Waals surface area contributed by atoms with Gasteiger partial charge in [-0.25, -0.2) is 0 Å². The van der Waals surface area contributed by atoms with Crippen molar-refractivity contribution in [1.29, 1.82) is 5.26 Å². The molecule has 2 aliphatic heterocycles. The molecule has 4 aromatic rings. The van der Waals surface area contributed by atoms with Crippen molar-refractivity contribution < 1.29 is 23.0 Å². The summed E-state index contributed by atoms with van der Waals surface area (Å²) in [7, 11) is -1.44. The van der Waals surface area contributed by atoms with Crippen LogP contribution in [0.2, 0.25) is 0 Å². The largest absolute Gasteiger partial charge is 0.496 e. The van der Waals surface area contributed by atoms with Crippen LogP contribution in [-0.2, 0) is 18.6 Å². The fraction of sp³-hybridized carbons (Fsp3) is 0.387. The van der Waals surface area contributed by atoms with Crippen LogP contribution < -0.4 is 10.9 Å². The molecule has 0 atom stereocenters. The van der Waals surface area contributed by atoms with Crippen LogP contribution in [0.25, 0.3) is 33.1 Å². The minimum atomic E-state index is -0.722. The van der Waals surface area contributed by atoms with Gasteiger partial charge in [0.2, 0.25) is 0 Å². The molecule has 0 unspecified atom stereocenters. The molecular formula is C31H33B2NO5. The van der Waals surface area contributed by atoms with E-state index in [1.165, 1.54) is 0 Å². The first-order valence-corrected chi connectivity index (χ1v) is 13.4. The third-order valence-corrected chi connectivity index (χ3v) is 9.04. The Hall–Kier alpha value is -3.08. The summed E-state index contributed by atoms with van der Waals surface area (Å²) in [5.74, 6) is 0. The Morgan fingerprint density at radius 1 is 0.590 bits per heavy atom. The molecule has 0 N–H and O–H groups in total. The van der Waals surface area contributed by atoms with Crippen LogP contribution in [0.1, 0.15) is 61.0 Å². The molecule has 2 fully saturated rings. The summed E-state index contributed by atoms with van der Waals surface area (Å²) in [5.41, 5.74) is 3.01. The molecule has 1 aromatic heterocycles. The Bertz CT molecular complexity index is 1570. The molecule has 3 heterocycles. The average Bonchev–Trinajstić information content (AvgIpc) is 3.42. The zero-order valence-corrected chi connectivity index (χ0v) is 23.8. The highest BCUT2D eigenvalue weighted by molar-refractivity contribution is 6.67. The quantitative estimate of drug-likeness (QED) is 0.321. The molecule has 6 nitrogen and oxygen atoms in total. The van der Waals surface area contributed by atoms with Crippen LogP contribution in [0, 0.1) is 11.3 Å². The van der Waals surface area contributed by atoms with Crippen molar-refractivity contribution in [3.63, 3.8) is 0 Å². The Morgan fingerprint density at radius 2 is 1.08 bits per heavy atom. The Balaban J connectivity index is 1.54. The number of nitriles is 1. The summed E-state index contributed by atoms with van der Waals surface area (Å²) in [6.45, 7) is 16.1. The molecule has 2 aliphatic rings. The molecule has 6 rings (SSSR count). The van der Waals surface area contributed by atoms with Gasteiger partial charge in [0, 0.05) is 21.7 Å². The van der Waals surface area contributed by atoms with Gasteiger partial charge in [0.1, 0.15) is 11.2 Å². The highest BCUT2D eigenvalue weighted by Crippen LogP contribution is 2.39. The summed E-state index contributed by atoms with van der Waals surface area (Å²) >= 11 is 0. The Morgan fingerprint density at radius 3 is 1.59 bits per heavy atom. The molecule has 0 amide bonds. The summed E-state index contributed by atoms with van der Waals surface area (Å²) in [5, 5.41) is 12.6.